The number of hydrogen-bond acceptors (Lipinski definition) is 1. The van der Waals surface area contributed by atoms with Crippen LogP contribution < -0.4 is 5.32 Å². The second-order valence-electron chi connectivity index (χ2n) is 2.84. The van der Waals surface area contributed by atoms with Crippen molar-refractivity contribution in [2.45, 2.75) is 0 Å². The summed E-state index contributed by atoms with van der Waals surface area (Å²) < 4.78 is 0. The van der Waals surface area contributed by atoms with Gasteiger partial charge in [0.15, 0.2) is 0 Å². The summed E-state index contributed by atoms with van der Waals surface area (Å²) in [7, 11) is 0. The van der Waals surface area contributed by atoms with Crippen LogP contribution in [0, 0.1) is 0 Å². The largest absolute Gasteiger partial charge is 0.375 e. The van der Waals surface area contributed by atoms with Gasteiger partial charge >= 0.3 is 0 Å². The minimum absolute atomic E-state index is 0.779. The van der Waals surface area contributed by atoms with Gasteiger partial charge in [-0.05, 0) is 11.5 Å². The zero-order valence-corrected chi connectivity index (χ0v) is 8.71. The topological polar surface area (TPSA) is 12.0 Å². The number of hydrogen-bond donors (Lipinski definition) is 1. The molecule has 13 heavy (non-hydrogen) atoms. The molecule has 0 saturated carbocycles. The Kier molecular flexibility index (Phi) is 2.50. The maximum Gasteiger partial charge on any atom is 0.0707 e. The fraction of sp³-hybridized carbons (Fsp3) is 0.0909. The highest BCUT2D eigenvalue weighted by atomic mass is 79.9. The standard InChI is InChI=1S/C11H10BrN/c12-8-13-11-7-3-5-9-4-1-2-6-10(9)11/h1-7,13H,8H2. The molecule has 0 heterocycles. The van der Waals surface area contributed by atoms with Crippen molar-refractivity contribution in [2.24, 2.45) is 0 Å². The van der Waals surface area contributed by atoms with Gasteiger partial charge in [-0.1, -0.05) is 52.3 Å². The highest BCUT2D eigenvalue weighted by molar-refractivity contribution is 9.09. The van der Waals surface area contributed by atoms with Crippen molar-refractivity contribution < 1.29 is 0 Å². The summed E-state index contributed by atoms with van der Waals surface area (Å²) in [6, 6.07) is 14.6. The van der Waals surface area contributed by atoms with E-state index in [2.05, 4.69) is 63.7 Å². The summed E-state index contributed by atoms with van der Waals surface area (Å²) >= 11 is 3.36. The predicted molar refractivity (Wildman–Crippen MR) is 61.4 cm³/mol. The van der Waals surface area contributed by atoms with Crippen LogP contribution in [0.3, 0.4) is 0 Å². The van der Waals surface area contributed by atoms with E-state index < -0.39 is 0 Å². The average molecular weight is 236 g/mol. The number of nitrogens with one attached hydrogen (secondary N) is 1. The number of halogens is 1. The Morgan fingerprint density at radius 3 is 2.62 bits per heavy atom. The number of anilines is 1. The van der Waals surface area contributed by atoms with Gasteiger partial charge in [-0.15, -0.1) is 0 Å². The summed E-state index contributed by atoms with van der Waals surface area (Å²) in [5.74, 6) is 0. The molecule has 0 atom stereocenters. The van der Waals surface area contributed by atoms with Crippen LogP contribution in [-0.4, -0.2) is 5.45 Å². The SMILES string of the molecule is BrCNc1cccc2ccccc12. The van der Waals surface area contributed by atoms with Gasteiger partial charge < -0.3 is 5.32 Å². The third-order valence-corrected chi connectivity index (χ3v) is 2.33. The van der Waals surface area contributed by atoms with E-state index >= 15 is 0 Å². The van der Waals surface area contributed by atoms with Crippen molar-refractivity contribution in [3.05, 3.63) is 42.5 Å². The van der Waals surface area contributed by atoms with Crippen LogP contribution >= 0.6 is 15.9 Å². The first-order chi connectivity index (χ1) is 6.42. The second kappa shape index (κ2) is 3.79. The van der Waals surface area contributed by atoms with Gasteiger partial charge in [0.1, 0.15) is 0 Å². The number of rotatable bonds is 2. The molecule has 0 bridgehead atoms. The lowest BCUT2D eigenvalue weighted by atomic mass is 10.1. The highest BCUT2D eigenvalue weighted by Crippen LogP contribution is 2.22. The Bertz CT molecular complexity index is 406. The van der Waals surface area contributed by atoms with E-state index in [9.17, 15) is 0 Å². The van der Waals surface area contributed by atoms with Crippen molar-refractivity contribution in [1.29, 1.82) is 0 Å². The normalized spacial score (nSPS) is 10.2. The smallest absolute Gasteiger partial charge is 0.0707 e. The molecule has 0 aromatic heterocycles. The molecule has 0 radical (unpaired) electrons. The molecular formula is C11H10BrN. The minimum atomic E-state index is 0.779. The summed E-state index contributed by atoms with van der Waals surface area (Å²) in [4.78, 5) is 0. The van der Waals surface area contributed by atoms with Gasteiger partial charge in [-0.3, -0.25) is 0 Å². The fourth-order valence-electron chi connectivity index (χ4n) is 1.45. The van der Waals surface area contributed by atoms with Crippen molar-refractivity contribution in [1.82, 2.24) is 0 Å². The number of alkyl halides is 1. The molecule has 2 aromatic rings. The van der Waals surface area contributed by atoms with Crippen LogP contribution in [0.5, 0.6) is 0 Å². The molecule has 0 amide bonds. The molecule has 1 N–H and O–H groups in total. The van der Waals surface area contributed by atoms with Crippen LogP contribution in [0.2, 0.25) is 0 Å². The van der Waals surface area contributed by atoms with Crippen molar-refractivity contribution in [2.75, 3.05) is 10.8 Å². The van der Waals surface area contributed by atoms with Crippen molar-refractivity contribution >= 4 is 32.4 Å². The first-order valence-corrected chi connectivity index (χ1v) is 5.31. The molecule has 66 valence electrons. The van der Waals surface area contributed by atoms with Gasteiger partial charge in [0.05, 0.1) is 5.45 Å². The van der Waals surface area contributed by atoms with Gasteiger partial charge in [-0.25, -0.2) is 0 Å². The first-order valence-electron chi connectivity index (χ1n) is 4.19. The van der Waals surface area contributed by atoms with Crippen LogP contribution in [0.25, 0.3) is 10.8 Å². The van der Waals surface area contributed by atoms with Crippen LogP contribution in [-0.2, 0) is 0 Å². The molecule has 0 aliphatic rings. The second-order valence-corrected chi connectivity index (χ2v) is 3.40. The lowest BCUT2D eigenvalue weighted by Gasteiger charge is -2.06. The lowest BCUT2D eigenvalue weighted by molar-refractivity contribution is 1.51. The molecule has 0 aliphatic heterocycles. The number of benzene rings is 2. The van der Waals surface area contributed by atoms with E-state index in [0.29, 0.717) is 0 Å². The third kappa shape index (κ3) is 1.68. The van der Waals surface area contributed by atoms with E-state index in [1.54, 1.807) is 0 Å². The van der Waals surface area contributed by atoms with Gasteiger partial charge in [0.25, 0.3) is 0 Å². The molecule has 0 spiro atoms. The highest BCUT2D eigenvalue weighted by Gasteiger charge is 1.96. The van der Waals surface area contributed by atoms with E-state index in [1.807, 2.05) is 0 Å². The predicted octanol–water partition coefficient (Wildman–Crippen LogP) is 3.60. The first kappa shape index (κ1) is 8.57. The zero-order valence-electron chi connectivity index (χ0n) is 7.13. The molecule has 1 nitrogen and oxygen atoms in total. The van der Waals surface area contributed by atoms with Crippen molar-refractivity contribution in [3.63, 3.8) is 0 Å². The monoisotopic (exact) mass is 235 g/mol. The summed E-state index contributed by atoms with van der Waals surface area (Å²) in [5, 5.41) is 5.81. The molecule has 2 heteroatoms. The Hall–Kier alpha value is -1.02. The maximum atomic E-state index is 3.36. The van der Waals surface area contributed by atoms with E-state index in [1.165, 1.54) is 16.5 Å². The summed E-state index contributed by atoms with van der Waals surface area (Å²) in [5.41, 5.74) is 1.95. The molecule has 2 aromatic carbocycles. The van der Waals surface area contributed by atoms with Crippen LogP contribution in [0.1, 0.15) is 0 Å². The van der Waals surface area contributed by atoms with E-state index in [0.717, 1.165) is 5.45 Å². The Balaban J connectivity index is 2.61. The fourth-order valence-corrected chi connectivity index (χ4v) is 1.75. The Labute approximate surface area is 85.9 Å². The van der Waals surface area contributed by atoms with Crippen LogP contribution in [0.4, 0.5) is 5.69 Å². The molecule has 0 fully saturated rings. The average Bonchev–Trinajstić information content (AvgIpc) is 2.19. The summed E-state index contributed by atoms with van der Waals surface area (Å²) in [6.07, 6.45) is 0. The van der Waals surface area contributed by atoms with Crippen molar-refractivity contribution in [3.8, 4) is 0 Å². The van der Waals surface area contributed by atoms with E-state index in [-0.39, 0.29) is 0 Å². The molecule has 0 unspecified atom stereocenters. The maximum absolute atomic E-state index is 3.36. The van der Waals surface area contributed by atoms with Gasteiger partial charge in [0, 0.05) is 11.1 Å². The molecule has 0 saturated heterocycles. The summed E-state index contributed by atoms with van der Waals surface area (Å²) in [6.45, 7) is 0. The quantitative estimate of drug-likeness (QED) is 0.620. The number of fused-ring (bicyclic) bond motifs is 1. The van der Waals surface area contributed by atoms with Gasteiger partial charge in [0.2, 0.25) is 0 Å². The third-order valence-electron chi connectivity index (χ3n) is 2.05. The molecule has 0 aliphatic carbocycles. The molecular weight excluding hydrogens is 226 g/mol. The minimum Gasteiger partial charge on any atom is -0.375 e. The zero-order chi connectivity index (χ0) is 9.10. The van der Waals surface area contributed by atoms with E-state index in [4.69, 9.17) is 0 Å². The van der Waals surface area contributed by atoms with Gasteiger partial charge in [-0.2, -0.15) is 0 Å². The van der Waals surface area contributed by atoms with Crippen LogP contribution in [0.15, 0.2) is 42.5 Å². The Morgan fingerprint density at radius 2 is 1.77 bits per heavy atom. The lowest BCUT2D eigenvalue weighted by Crippen LogP contribution is -1.93. The Morgan fingerprint density at radius 1 is 1.00 bits per heavy atom. The molecule has 2 rings (SSSR count).